The van der Waals surface area contributed by atoms with Gasteiger partial charge < -0.3 is 16.0 Å². The third-order valence-electron chi connectivity index (χ3n) is 4.29. The average molecular weight is 404 g/mol. The molecule has 0 saturated carbocycles. The first-order valence-electron chi connectivity index (χ1n) is 9.03. The highest BCUT2D eigenvalue weighted by Gasteiger charge is 2.05. The van der Waals surface area contributed by atoms with Gasteiger partial charge in [0.2, 0.25) is 0 Å². The van der Waals surface area contributed by atoms with Crippen molar-refractivity contribution in [2.24, 2.45) is 0 Å². The Bertz CT molecular complexity index is 1140. The third kappa shape index (κ3) is 4.80. The van der Waals surface area contributed by atoms with Crippen LogP contribution in [-0.4, -0.2) is 16.0 Å². The summed E-state index contributed by atoms with van der Waals surface area (Å²) in [6.45, 7) is 0.565. The van der Waals surface area contributed by atoms with E-state index in [0.29, 0.717) is 22.9 Å². The second-order valence-corrected chi connectivity index (χ2v) is 6.82. The van der Waals surface area contributed by atoms with Gasteiger partial charge in [-0.25, -0.2) is 14.8 Å². The molecule has 0 fully saturated rings. The molecule has 0 unspecified atom stereocenters. The molecule has 0 radical (unpaired) electrons. The maximum absolute atomic E-state index is 12.2. The molecule has 0 atom stereocenters. The van der Waals surface area contributed by atoms with Gasteiger partial charge in [0.05, 0.1) is 5.52 Å². The Morgan fingerprint density at radius 1 is 0.862 bits per heavy atom. The van der Waals surface area contributed by atoms with Crippen LogP contribution < -0.4 is 16.0 Å². The van der Waals surface area contributed by atoms with Crippen LogP contribution in [0.1, 0.15) is 5.56 Å². The van der Waals surface area contributed by atoms with Crippen LogP contribution in [0.3, 0.4) is 0 Å². The Morgan fingerprint density at radius 2 is 1.66 bits per heavy atom. The van der Waals surface area contributed by atoms with Gasteiger partial charge in [-0.3, -0.25) is 0 Å². The quantitative estimate of drug-likeness (QED) is 0.408. The maximum atomic E-state index is 12.2. The molecule has 7 heteroatoms. The number of hydrogen-bond donors (Lipinski definition) is 3. The van der Waals surface area contributed by atoms with Crippen molar-refractivity contribution in [3.8, 4) is 0 Å². The van der Waals surface area contributed by atoms with E-state index in [1.807, 2.05) is 48.5 Å². The van der Waals surface area contributed by atoms with E-state index in [1.165, 1.54) is 0 Å². The molecule has 29 heavy (non-hydrogen) atoms. The number of carbonyl (C=O) groups is 1. The summed E-state index contributed by atoms with van der Waals surface area (Å²) in [5.74, 6) is 0.773. The second kappa shape index (κ2) is 8.58. The predicted molar refractivity (Wildman–Crippen MR) is 117 cm³/mol. The SMILES string of the molecule is O=C(Nc1ccc(Cl)cc1)Nc1cccc(CNc2ncnc3ccccc23)c1. The number of halogens is 1. The van der Waals surface area contributed by atoms with Gasteiger partial charge in [0.25, 0.3) is 0 Å². The van der Waals surface area contributed by atoms with Gasteiger partial charge in [0.1, 0.15) is 12.1 Å². The smallest absolute Gasteiger partial charge is 0.323 e. The Kier molecular flexibility index (Phi) is 5.54. The molecule has 0 saturated heterocycles. The Hall–Kier alpha value is -3.64. The zero-order valence-electron chi connectivity index (χ0n) is 15.4. The highest BCUT2D eigenvalue weighted by molar-refractivity contribution is 6.30. The molecule has 4 aromatic rings. The first-order valence-corrected chi connectivity index (χ1v) is 9.41. The second-order valence-electron chi connectivity index (χ2n) is 6.38. The molecule has 2 amide bonds. The minimum absolute atomic E-state index is 0.320. The molecule has 1 aromatic heterocycles. The van der Waals surface area contributed by atoms with E-state index < -0.39 is 0 Å². The lowest BCUT2D eigenvalue weighted by atomic mass is 10.2. The van der Waals surface area contributed by atoms with E-state index in [0.717, 1.165) is 22.3 Å². The van der Waals surface area contributed by atoms with Gasteiger partial charge in [-0.15, -0.1) is 0 Å². The zero-order chi connectivity index (χ0) is 20.1. The average Bonchev–Trinajstić information content (AvgIpc) is 2.74. The number of para-hydroxylation sites is 1. The molecule has 4 rings (SSSR count). The molecule has 0 aliphatic rings. The van der Waals surface area contributed by atoms with Crippen LogP contribution in [0.5, 0.6) is 0 Å². The van der Waals surface area contributed by atoms with Gasteiger partial charge in [0, 0.05) is 28.3 Å². The number of nitrogens with zero attached hydrogens (tertiary/aromatic N) is 2. The molecular weight excluding hydrogens is 386 g/mol. The summed E-state index contributed by atoms with van der Waals surface area (Å²) >= 11 is 5.86. The van der Waals surface area contributed by atoms with Crippen molar-refractivity contribution in [2.45, 2.75) is 6.54 Å². The maximum Gasteiger partial charge on any atom is 0.323 e. The molecule has 0 aliphatic heterocycles. The first-order chi connectivity index (χ1) is 14.2. The van der Waals surface area contributed by atoms with Crippen LogP contribution in [0.4, 0.5) is 22.0 Å². The number of hydrogen-bond acceptors (Lipinski definition) is 4. The van der Waals surface area contributed by atoms with Crippen molar-refractivity contribution in [1.82, 2.24) is 9.97 Å². The van der Waals surface area contributed by atoms with Crippen LogP contribution in [0.2, 0.25) is 5.02 Å². The number of urea groups is 1. The van der Waals surface area contributed by atoms with Crippen molar-refractivity contribution in [2.75, 3.05) is 16.0 Å². The van der Waals surface area contributed by atoms with Gasteiger partial charge in [-0.05, 0) is 54.1 Å². The van der Waals surface area contributed by atoms with Crippen molar-refractivity contribution < 1.29 is 4.79 Å². The van der Waals surface area contributed by atoms with E-state index in [-0.39, 0.29) is 6.03 Å². The fraction of sp³-hybridized carbons (Fsp3) is 0.0455. The van der Waals surface area contributed by atoms with Crippen LogP contribution in [0, 0.1) is 0 Å². The van der Waals surface area contributed by atoms with Crippen molar-refractivity contribution in [3.05, 3.63) is 89.7 Å². The molecule has 0 spiro atoms. The fourth-order valence-corrected chi connectivity index (χ4v) is 3.04. The lowest BCUT2D eigenvalue weighted by molar-refractivity contribution is 0.262. The van der Waals surface area contributed by atoms with Gasteiger partial charge in [-0.2, -0.15) is 0 Å². The summed E-state index contributed by atoms with van der Waals surface area (Å²) in [5, 5.41) is 10.5. The van der Waals surface area contributed by atoms with Crippen molar-refractivity contribution >= 4 is 45.7 Å². The normalized spacial score (nSPS) is 10.5. The summed E-state index contributed by atoms with van der Waals surface area (Å²) in [4.78, 5) is 20.8. The van der Waals surface area contributed by atoms with Crippen LogP contribution in [-0.2, 0) is 6.54 Å². The number of aromatic nitrogens is 2. The van der Waals surface area contributed by atoms with Gasteiger partial charge in [-0.1, -0.05) is 35.9 Å². The lowest BCUT2D eigenvalue weighted by Gasteiger charge is -2.11. The largest absolute Gasteiger partial charge is 0.365 e. The summed E-state index contributed by atoms with van der Waals surface area (Å²) in [6.07, 6.45) is 1.55. The van der Waals surface area contributed by atoms with Crippen LogP contribution in [0.15, 0.2) is 79.1 Å². The summed E-state index contributed by atoms with van der Waals surface area (Å²) < 4.78 is 0. The number of fused-ring (bicyclic) bond motifs is 1. The van der Waals surface area contributed by atoms with Crippen LogP contribution in [0.25, 0.3) is 10.9 Å². The molecule has 144 valence electrons. The Morgan fingerprint density at radius 3 is 2.52 bits per heavy atom. The number of carbonyl (C=O) groups excluding carboxylic acids is 1. The minimum Gasteiger partial charge on any atom is -0.365 e. The van der Waals surface area contributed by atoms with E-state index in [2.05, 4.69) is 25.9 Å². The van der Waals surface area contributed by atoms with E-state index >= 15 is 0 Å². The molecule has 0 aliphatic carbocycles. The molecule has 6 nitrogen and oxygen atoms in total. The Labute approximate surface area is 173 Å². The lowest BCUT2D eigenvalue weighted by Crippen LogP contribution is -2.19. The number of amides is 2. The van der Waals surface area contributed by atoms with Gasteiger partial charge >= 0.3 is 6.03 Å². The van der Waals surface area contributed by atoms with E-state index in [4.69, 9.17) is 11.6 Å². The fourth-order valence-electron chi connectivity index (χ4n) is 2.92. The Balaban J connectivity index is 1.40. The predicted octanol–water partition coefficient (Wildman–Crippen LogP) is 5.54. The standard InChI is InChI=1S/C22H18ClN5O/c23-16-8-10-17(11-9-16)27-22(29)28-18-5-3-4-15(12-18)13-24-21-19-6-1-2-7-20(19)25-14-26-21/h1-12,14H,13H2,(H,24,25,26)(H2,27,28,29). The molecule has 0 bridgehead atoms. The molecular formula is C22H18ClN5O. The zero-order valence-corrected chi connectivity index (χ0v) is 16.1. The number of anilines is 3. The van der Waals surface area contributed by atoms with E-state index in [9.17, 15) is 4.79 Å². The highest BCUT2D eigenvalue weighted by Crippen LogP contribution is 2.20. The molecule has 3 aromatic carbocycles. The summed E-state index contributed by atoms with van der Waals surface area (Å²) in [5.41, 5.74) is 3.26. The number of benzene rings is 3. The van der Waals surface area contributed by atoms with Crippen molar-refractivity contribution in [3.63, 3.8) is 0 Å². The van der Waals surface area contributed by atoms with Crippen molar-refractivity contribution in [1.29, 1.82) is 0 Å². The molecule has 1 heterocycles. The highest BCUT2D eigenvalue weighted by atomic mass is 35.5. The third-order valence-corrected chi connectivity index (χ3v) is 4.54. The first kappa shape index (κ1) is 18.7. The number of nitrogens with one attached hydrogen (secondary N) is 3. The molecule has 3 N–H and O–H groups in total. The number of rotatable bonds is 5. The summed E-state index contributed by atoms with van der Waals surface area (Å²) in [6, 6.07) is 22.1. The van der Waals surface area contributed by atoms with E-state index in [1.54, 1.807) is 30.6 Å². The van der Waals surface area contributed by atoms with Crippen LogP contribution >= 0.6 is 11.6 Å². The monoisotopic (exact) mass is 403 g/mol. The topological polar surface area (TPSA) is 78.9 Å². The summed E-state index contributed by atoms with van der Waals surface area (Å²) in [7, 11) is 0. The van der Waals surface area contributed by atoms with Gasteiger partial charge in [0.15, 0.2) is 0 Å². The minimum atomic E-state index is -0.320.